The number of nitrogens with zero attached hydrogens (tertiary/aromatic N) is 1. The molecule has 0 saturated carbocycles. The second-order valence-corrected chi connectivity index (χ2v) is 7.97. The fraction of sp³-hybridized carbons (Fsp3) is 0.688. The molecule has 1 amide bonds. The van der Waals surface area contributed by atoms with Gasteiger partial charge in [0, 0.05) is 30.1 Å². The zero-order chi connectivity index (χ0) is 15.6. The average molecular weight is 310 g/mol. The Morgan fingerprint density at radius 3 is 2.57 bits per heavy atom. The second-order valence-electron chi connectivity index (χ2n) is 6.99. The second kappa shape index (κ2) is 6.36. The number of thiophene rings is 1. The molecule has 1 saturated heterocycles. The van der Waals surface area contributed by atoms with E-state index in [1.807, 2.05) is 20.8 Å². The fourth-order valence-electron chi connectivity index (χ4n) is 2.38. The van der Waals surface area contributed by atoms with Crippen LogP contribution in [0, 0.1) is 5.92 Å². The summed E-state index contributed by atoms with van der Waals surface area (Å²) >= 11 is 1.78. The van der Waals surface area contributed by atoms with E-state index in [4.69, 9.17) is 4.74 Å². The predicted octanol–water partition coefficient (Wildman–Crippen LogP) is 3.65. The zero-order valence-corrected chi connectivity index (χ0v) is 14.4. The van der Waals surface area contributed by atoms with E-state index >= 15 is 0 Å². The van der Waals surface area contributed by atoms with Crippen molar-refractivity contribution in [1.29, 1.82) is 0 Å². The molecule has 21 heavy (non-hydrogen) atoms. The third-order valence-electron chi connectivity index (χ3n) is 3.46. The number of carbonyl (C=O) groups is 1. The van der Waals surface area contributed by atoms with Crippen LogP contribution < -0.4 is 5.32 Å². The Labute approximate surface area is 131 Å². The SMILES string of the molecule is CC(C)C(NC1CN(C(=O)OC(C)(C)C)C1)c1cccs1. The third kappa shape index (κ3) is 4.45. The molecule has 0 radical (unpaired) electrons. The summed E-state index contributed by atoms with van der Waals surface area (Å²) in [5.74, 6) is 0.527. The number of nitrogens with one attached hydrogen (secondary N) is 1. The van der Waals surface area contributed by atoms with Crippen LogP contribution in [0.4, 0.5) is 4.79 Å². The molecule has 4 nitrogen and oxygen atoms in total. The number of likely N-dealkylation sites (tertiary alicyclic amines) is 1. The van der Waals surface area contributed by atoms with Gasteiger partial charge in [0.25, 0.3) is 0 Å². The molecule has 2 rings (SSSR count). The number of amides is 1. The van der Waals surface area contributed by atoms with Crippen molar-refractivity contribution in [2.45, 2.75) is 52.3 Å². The number of hydrogen-bond donors (Lipinski definition) is 1. The minimum atomic E-state index is -0.424. The van der Waals surface area contributed by atoms with Crippen molar-refractivity contribution in [3.05, 3.63) is 22.4 Å². The smallest absolute Gasteiger partial charge is 0.410 e. The summed E-state index contributed by atoms with van der Waals surface area (Å²) in [6.45, 7) is 11.6. The van der Waals surface area contributed by atoms with Gasteiger partial charge in [-0.2, -0.15) is 0 Å². The molecular formula is C16H26N2O2S. The average Bonchev–Trinajstić information content (AvgIpc) is 2.77. The maximum atomic E-state index is 11.9. The number of carbonyl (C=O) groups excluding carboxylic acids is 1. The summed E-state index contributed by atoms with van der Waals surface area (Å²) in [6, 6.07) is 4.97. The van der Waals surface area contributed by atoms with Crippen molar-refractivity contribution in [2.75, 3.05) is 13.1 Å². The lowest BCUT2D eigenvalue weighted by Crippen LogP contribution is -2.61. The Morgan fingerprint density at radius 2 is 2.10 bits per heavy atom. The predicted molar refractivity (Wildman–Crippen MR) is 86.6 cm³/mol. The van der Waals surface area contributed by atoms with Gasteiger partial charge in [-0.05, 0) is 38.1 Å². The standard InChI is InChI=1S/C16H26N2O2S/c1-11(2)14(13-7-6-8-21-13)17-12-9-18(10-12)15(19)20-16(3,4)5/h6-8,11-12,14,17H,9-10H2,1-5H3. The van der Waals surface area contributed by atoms with E-state index in [0.29, 0.717) is 18.0 Å². The Bertz CT molecular complexity index is 459. The highest BCUT2D eigenvalue weighted by atomic mass is 32.1. The van der Waals surface area contributed by atoms with Gasteiger partial charge in [0.2, 0.25) is 0 Å². The minimum absolute atomic E-state index is 0.210. The van der Waals surface area contributed by atoms with Gasteiger partial charge < -0.3 is 15.0 Å². The van der Waals surface area contributed by atoms with Crippen LogP contribution in [-0.2, 0) is 4.74 Å². The summed E-state index contributed by atoms with van der Waals surface area (Å²) in [5.41, 5.74) is -0.424. The molecule has 5 heteroatoms. The van der Waals surface area contributed by atoms with Crippen LogP contribution in [-0.4, -0.2) is 35.7 Å². The van der Waals surface area contributed by atoms with Crippen molar-refractivity contribution in [3.63, 3.8) is 0 Å². The highest BCUT2D eigenvalue weighted by molar-refractivity contribution is 7.10. The van der Waals surface area contributed by atoms with Crippen molar-refractivity contribution < 1.29 is 9.53 Å². The van der Waals surface area contributed by atoms with Crippen molar-refractivity contribution in [1.82, 2.24) is 10.2 Å². The Hall–Kier alpha value is -1.07. The Kier molecular flexibility index (Phi) is 4.94. The summed E-state index contributed by atoms with van der Waals surface area (Å²) in [7, 11) is 0. The Morgan fingerprint density at radius 1 is 1.43 bits per heavy atom. The van der Waals surface area contributed by atoms with Crippen LogP contribution in [0.2, 0.25) is 0 Å². The van der Waals surface area contributed by atoms with Gasteiger partial charge in [-0.3, -0.25) is 0 Å². The number of hydrogen-bond acceptors (Lipinski definition) is 4. The third-order valence-corrected chi connectivity index (χ3v) is 4.42. The highest BCUT2D eigenvalue weighted by Gasteiger charge is 2.35. The lowest BCUT2D eigenvalue weighted by Gasteiger charge is -2.42. The van der Waals surface area contributed by atoms with Crippen molar-refractivity contribution >= 4 is 17.4 Å². The molecule has 1 atom stereocenters. The molecule has 1 aromatic rings. The van der Waals surface area contributed by atoms with E-state index < -0.39 is 5.60 Å². The Balaban J connectivity index is 1.83. The molecule has 0 bridgehead atoms. The molecule has 0 aliphatic carbocycles. The van der Waals surface area contributed by atoms with Crippen LogP contribution in [0.1, 0.15) is 45.5 Å². The summed E-state index contributed by atoms with van der Waals surface area (Å²) < 4.78 is 5.38. The van der Waals surface area contributed by atoms with Crippen molar-refractivity contribution in [3.8, 4) is 0 Å². The molecule has 1 N–H and O–H groups in total. The number of rotatable bonds is 4. The molecule has 1 fully saturated rings. The molecule has 0 spiro atoms. The van der Waals surface area contributed by atoms with Gasteiger partial charge in [0.15, 0.2) is 0 Å². The fourth-order valence-corrected chi connectivity index (χ4v) is 3.34. The van der Waals surface area contributed by atoms with Crippen LogP contribution >= 0.6 is 11.3 Å². The quantitative estimate of drug-likeness (QED) is 0.923. The molecule has 1 aliphatic heterocycles. The topological polar surface area (TPSA) is 41.6 Å². The summed E-state index contributed by atoms with van der Waals surface area (Å²) in [4.78, 5) is 15.0. The maximum Gasteiger partial charge on any atom is 0.410 e. The maximum absolute atomic E-state index is 11.9. The van der Waals surface area contributed by atoms with Gasteiger partial charge >= 0.3 is 6.09 Å². The molecule has 1 unspecified atom stereocenters. The lowest BCUT2D eigenvalue weighted by molar-refractivity contribution is 0.00357. The first-order valence-corrected chi connectivity index (χ1v) is 8.41. The molecular weight excluding hydrogens is 284 g/mol. The van der Waals surface area contributed by atoms with Crippen LogP contribution in [0.25, 0.3) is 0 Å². The van der Waals surface area contributed by atoms with E-state index in [2.05, 4.69) is 36.7 Å². The lowest BCUT2D eigenvalue weighted by atomic mass is 9.99. The van der Waals surface area contributed by atoms with E-state index in [0.717, 1.165) is 13.1 Å². The largest absolute Gasteiger partial charge is 0.444 e. The molecule has 0 aromatic carbocycles. The monoisotopic (exact) mass is 310 g/mol. The first-order chi connectivity index (χ1) is 9.76. The molecule has 1 aliphatic rings. The van der Waals surface area contributed by atoms with Crippen molar-refractivity contribution in [2.24, 2.45) is 5.92 Å². The van der Waals surface area contributed by atoms with E-state index in [9.17, 15) is 4.79 Å². The van der Waals surface area contributed by atoms with E-state index in [1.165, 1.54) is 4.88 Å². The molecule has 2 heterocycles. The summed E-state index contributed by atoms with van der Waals surface area (Å²) in [5, 5.41) is 5.78. The first-order valence-electron chi connectivity index (χ1n) is 7.53. The van der Waals surface area contributed by atoms with Gasteiger partial charge in [0.05, 0.1) is 0 Å². The van der Waals surface area contributed by atoms with Gasteiger partial charge in [-0.25, -0.2) is 4.79 Å². The minimum Gasteiger partial charge on any atom is -0.444 e. The molecule has 1 aromatic heterocycles. The van der Waals surface area contributed by atoms with Crippen LogP contribution in [0.3, 0.4) is 0 Å². The first kappa shape index (κ1) is 16.3. The summed E-state index contributed by atoms with van der Waals surface area (Å²) in [6.07, 6.45) is -0.210. The van der Waals surface area contributed by atoms with E-state index in [1.54, 1.807) is 16.2 Å². The highest BCUT2D eigenvalue weighted by Crippen LogP contribution is 2.27. The van der Waals surface area contributed by atoms with Crippen LogP contribution in [0.5, 0.6) is 0 Å². The normalized spacial score (nSPS) is 17.7. The van der Waals surface area contributed by atoms with Gasteiger partial charge in [0.1, 0.15) is 5.60 Å². The zero-order valence-electron chi connectivity index (χ0n) is 13.6. The van der Waals surface area contributed by atoms with Crippen LogP contribution in [0.15, 0.2) is 17.5 Å². The number of ether oxygens (including phenoxy) is 1. The van der Waals surface area contributed by atoms with Gasteiger partial charge in [-0.15, -0.1) is 11.3 Å². The van der Waals surface area contributed by atoms with E-state index in [-0.39, 0.29) is 6.09 Å². The molecule has 118 valence electrons. The van der Waals surface area contributed by atoms with Gasteiger partial charge in [-0.1, -0.05) is 19.9 Å².